The van der Waals surface area contributed by atoms with E-state index in [9.17, 15) is 9.59 Å². The second kappa shape index (κ2) is 9.51. The van der Waals surface area contributed by atoms with Crippen LogP contribution >= 0.6 is 11.8 Å². The number of nitrogens with one attached hydrogen (secondary N) is 1. The minimum atomic E-state index is -0.0711. The van der Waals surface area contributed by atoms with E-state index in [0.29, 0.717) is 30.5 Å². The Morgan fingerprint density at radius 1 is 1.18 bits per heavy atom. The predicted molar refractivity (Wildman–Crippen MR) is 94.4 cm³/mol. The molecule has 1 aromatic rings. The largest absolute Gasteiger partial charge is 0.343 e. The Morgan fingerprint density at radius 2 is 1.86 bits per heavy atom. The smallest absolute Gasteiger partial charge is 0.234 e. The lowest BCUT2D eigenvalue weighted by molar-refractivity contribution is -0.127. The summed E-state index contributed by atoms with van der Waals surface area (Å²) in [7, 11) is 0. The summed E-state index contributed by atoms with van der Waals surface area (Å²) in [5.74, 6) is 1.08. The van der Waals surface area contributed by atoms with Crippen molar-refractivity contribution in [1.82, 2.24) is 4.90 Å². The van der Waals surface area contributed by atoms with Crippen molar-refractivity contribution >= 4 is 29.3 Å². The predicted octanol–water partition coefficient (Wildman–Crippen LogP) is 3.35. The number of anilines is 1. The zero-order valence-electron chi connectivity index (χ0n) is 13.9. The van der Waals surface area contributed by atoms with Gasteiger partial charge in [0.15, 0.2) is 0 Å². The highest BCUT2D eigenvalue weighted by Crippen LogP contribution is 2.18. The van der Waals surface area contributed by atoms with Crippen LogP contribution < -0.4 is 5.32 Å². The van der Waals surface area contributed by atoms with E-state index in [1.165, 1.54) is 17.3 Å². The van der Waals surface area contributed by atoms with E-state index in [0.717, 1.165) is 5.69 Å². The summed E-state index contributed by atoms with van der Waals surface area (Å²) in [5, 5.41) is 2.88. The number of rotatable bonds is 8. The van der Waals surface area contributed by atoms with Crippen LogP contribution in [-0.4, -0.2) is 41.3 Å². The van der Waals surface area contributed by atoms with Gasteiger partial charge in [0.05, 0.1) is 11.5 Å². The second-order valence-corrected chi connectivity index (χ2v) is 6.37. The molecule has 2 amide bonds. The molecule has 5 heteroatoms. The summed E-state index contributed by atoms with van der Waals surface area (Å²) >= 11 is 1.36. The van der Waals surface area contributed by atoms with Crippen molar-refractivity contribution in [3.8, 4) is 0 Å². The minimum absolute atomic E-state index is 0.0711. The minimum Gasteiger partial charge on any atom is -0.343 e. The Kier molecular flexibility index (Phi) is 8.02. The number of amides is 2. The number of thioether (sulfide) groups is 1. The number of benzene rings is 1. The molecule has 0 spiro atoms. The molecule has 0 heterocycles. The third-order valence-corrected chi connectivity index (χ3v) is 4.33. The van der Waals surface area contributed by atoms with Crippen LogP contribution in [0.25, 0.3) is 0 Å². The Balaban J connectivity index is 2.41. The normalized spacial score (nSPS) is 10.6. The Hall–Kier alpha value is -1.49. The number of nitrogens with zero attached hydrogens (tertiary/aromatic N) is 1. The van der Waals surface area contributed by atoms with Crippen LogP contribution in [0.15, 0.2) is 24.3 Å². The van der Waals surface area contributed by atoms with Gasteiger partial charge in [-0.1, -0.05) is 26.0 Å². The fourth-order valence-electron chi connectivity index (χ4n) is 2.07. The summed E-state index contributed by atoms with van der Waals surface area (Å²) in [6.07, 6.45) is 0. The molecule has 0 atom stereocenters. The maximum Gasteiger partial charge on any atom is 0.234 e. The topological polar surface area (TPSA) is 49.4 Å². The van der Waals surface area contributed by atoms with Crippen molar-refractivity contribution in [2.75, 3.05) is 29.9 Å². The van der Waals surface area contributed by atoms with Gasteiger partial charge in [-0.3, -0.25) is 9.59 Å². The molecular weight excluding hydrogens is 296 g/mol. The van der Waals surface area contributed by atoms with Gasteiger partial charge in [-0.05, 0) is 37.5 Å². The third-order valence-electron chi connectivity index (χ3n) is 3.41. The van der Waals surface area contributed by atoms with Crippen LogP contribution in [0.1, 0.15) is 39.2 Å². The molecule has 0 saturated heterocycles. The molecular formula is C17H26N2O2S. The van der Waals surface area contributed by atoms with Crippen molar-refractivity contribution in [3.63, 3.8) is 0 Å². The van der Waals surface area contributed by atoms with E-state index in [1.807, 2.05) is 32.0 Å². The quantitative estimate of drug-likeness (QED) is 0.798. The summed E-state index contributed by atoms with van der Waals surface area (Å²) in [6, 6.07) is 7.88. The Labute approximate surface area is 137 Å². The molecule has 0 saturated carbocycles. The van der Waals surface area contributed by atoms with Crippen LogP contribution in [0, 0.1) is 0 Å². The van der Waals surface area contributed by atoms with Crippen molar-refractivity contribution in [2.45, 2.75) is 33.6 Å². The SMILES string of the molecule is CCN(CC)C(=O)CSCC(=O)Nc1cccc(C(C)C)c1. The lowest BCUT2D eigenvalue weighted by Crippen LogP contribution is -2.32. The fourth-order valence-corrected chi connectivity index (χ4v) is 2.79. The second-order valence-electron chi connectivity index (χ2n) is 5.39. The molecule has 1 aromatic carbocycles. The van der Waals surface area contributed by atoms with Crippen molar-refractivity contribution in [2.24, 2.45) is 0 Å². The standard InChI is InChI=1S/C17H26N2O2S/c1-5-19(6-2)17(21)12-22-11-16(20)18-15-9-7-8-14(10-15)13(3)4/h7-10,13H,5-6,11-12H2,1-4H3,(H,18,20). The number of carbonyl (C=O) groups is 2. The van der Waals surface area contributed by atoms with E-state index in [1.54, 1.807) is 4.90 Å². The van der Waals surface area contributed by atoms with Gasteiger partial charge in [0.25, 0.3) is 0 Å². The van der Waals surface area contributed by atoms with Crippen LogP contribution in [0.5, 0.6) is 0 Å². The van der Waals surface area contributed by atoms with Gasteiger partial charge in [0, 0.05) is 18.8 Å². The lowest BCUT2D eigenvalue weighted by Gasteiger charge is -2.18. The van der Waals surface area contributed by atoms with E-state index in [-0.39, 0.29) is 11.8 Å². The summed E-state index contributed by atoms with van der Waals surface area (Å²) in [6.45, 7) is 9.58. The molecule has 122 valence electrons. The van der Waals surface area contributed by atoms with E-state index in [2.05, 4.69) is 25.2 Å². The highest BCUT2D eigenvalue weighted by molar-refractivity contribution is 8.00. The molecule has 0 aromatic heterocycles. The molecule has 0 radical (unpaired) electrons. The number of carbonyl (C=O) groups excluding carboxylic acids is 2. The maximum atomic E-state index is 11.9. The lowest BCUT2D eigenvalue weighted by atomic mass is 10.0. The molecule has 0 bridgehead atoms. The van der Waals surface area contributed by atoms with Gasteiger partial charge < -0.3 is 10.2 Å². The van der Waals surface area contributed by atoms with Crippen LogP contribution in [0.3, 0.4) is 0 Å². The highest BCUT2D eigenvalue weighted by atomic mass is 32.2. The maximum absolute atomic E-state index is 11.9. The number of hydrogen-bond donors (Lipinski definition) is 1. The first-order valence-corrected chi connectivity index (χ1v) is 8.88. The van der Waals surface area contributed by atoms with Gasteiger partial charge in [0.2, 0.25) is 11.8 Å². The van der Waals surface area contributed by atoms with Gasteiger partial charge in [-0.2, -0.15) is 0 Å². The van der Waals surface area contributed by atoms with Crippen LogP contribution in [-0.2, 0) is 9.59 Å². The van der Waals surface area contributed by atoms with Crippen molar-refractivity contribution < 1.29 is 9.59 Å². The summed E-state index contributed by atoms with van der Waals surface area (Å²) < 4.78 is 0. The summed E-state index contributed by atoms with van der Waals surface area (Å²) in [4.78, 5) is 25.5. The highest BCUT2D eigenvalue weighted by Gasteiger charge is 2.11. The molecule has 0 aliphatic carbocycles. The van der Waals surface area contributed by atoms with E-state index < -0.39 is 0 Å². The first-order chi connectivity index (χ1) is 10.5. The number of hydrogen-bond acceptors (Lipinski definition) is 3. The van der Waals surface area contributed by atoms with E-state index in [4.69, 9.17) is 0 Å². The zero-order chi connectivity index (χ0) is 16.5. The third kappa shape index (κ3) is 6.10. The first kappa shape index (κ1) is 18.6. The van der Waals surface area contributed by atoms with E-state index >= 15 is 0 Å². The molecule has 1 N–H and O–H groups in total. The molecule has 22 heavy (non-hydrogen) atoms. The average molecular weight is 322 g/mol. The van der Waals surface area contributed by atoms with Crippen LogP contribution in [0.4, 0.5) is 5.69 Å². The van der Waals surface area contributed by atoms with Crippen molar-refractivity contribution in [3.05, 3.63) is 29.8 Å². The first-order valence-electron chi connectivity index (χ1n) is 7.73. The van der Waals surface area contributed by atoms with Gasteiger partial charge in [-0.15, -0.1) is 11.8 Å². The molecule has 0 fully saturated rings. The summed E-state index contributed by atoms with van der Waals surface area (Å²) in [5.41, 5.74) is 2.01. The van der Waals surface area contributed by atoms with Crippen molar-refractivity contribution in [1.29, 1.82) is 0 Å². The Morgan fingerprint density at radius 3 is 2.45 bits per heavy atom. The molecule has 0 unspecified atom stereocenters. The monoisotopic (exact) mass is 322 g/mol. The fraction of sp³-hybridized carbons (Fsp3) is 0.529. The molecule has 4 nitrogen and oxygen atoms in total. The van der Waals surface area contributed by atoms with Gasteiger partial charge in [0.1, 0.15) is 0 Å². The molecule has 0 aliphatic heterocycles. The van der Waals surface area contributed by atoms with Gasteiger partial charge >= 0.3 is 0 Å². The average Bonchev–Trinajstić information content (AvgIpc) is 2.48. The van der Waals surface area contributed by atoms with Gasteiger partial charge in [-0.25, -0.2) is 0 Å². The Bertz CT molecular complexity index is 499. The van der Waals surface area contributed by atoms with Crippen LogP contribution in [0.2, 0.25) is 0 Å². The zero-order valence-corrected chi connectivity index (χ0v) is 14.7. The molecule has 1 rings (SSSR count). The molecule has 0 aliphatic rings.